The first-order valence-corrected chi connectivity index (χ1v) is 8.92. The molecule has 0 saturated heterocycles. The average Bonchev–Trinajstić information content (AvgIpc) is 3.07. The minimum Gasteiger partial charge on any atom is -0.493 e. The molecule has 0 bridgehead atoms. The Morgan fingerprint density at radius 3 is 2.45 bits per heavy atom. The lowest BCUT2D eigenvalue weighted by molar-refractivity contribution is -0.383. The van der Waals surface area contributed by atoms with Crippen LogP contribution in [0.2, 0.25) is 5.02 Å². The highest BCUT2D eigenvalue weighted by atomic mass is 35.5. The molecule has 12 nitrogen and oxygen atoms in total. The maximum absolute atomic E-state index is 12.2. The molecule has 4 rings (SSSR count). The normalized spacial score (nSPS) is 11.4. The summed E-state index contributed by atoms with van der Waals surface area (Å²) in [5, 5.41) is 22.1. The van der Waals surface area contributed by atoms with E-state index in [1.807, 2.05) is 4.98 Å². The maximum atomic E-state index is 12.2. The summed E-state index contributed by atoms with van der Waals surface area (Å²) in [7, 11) is 0. The average molecular weight is 443 g/mol. The minimum absolute atomic E-state index is 0.106. The molecule has 0 radical (unpaired) electrons. The molecular formula is C18H11ClN6O6. The second-order valence-corrected chi connectivity index (χ2v) is 6.67. The summed E-state index contributed by atoms with van der Waals surface area (Å²) in [6.45, 7) is 0. The Balaban J connectivity index is 1.90. The number of benzene rings is 2. The number of nitro groups is 1. The predicted molar refractivity (Wildman–Crippen MR) is 112 cm³/mol. The summed E-state index contributed by atoms with van der Waals surface area (Å²) in [5.74, 6) is -0.760. The van der Waals surface area contributed by atoms with Crippen molar-refractivity contribution in [2.45, 2.75) is 0 Å². The summed E-state index contributed by atoms with van der Waals surface area (Å²) in [5.41, 5.74) is -2.99. The lowest BCUT2D eigenvalue weighted by atomic mass is 10.2. The number of nitrogens with one attached hydrogen (secondary N) is 3. The van der Waals surface area contributed by atoms with Gasteiger partial charge in [0, 0.05) is 12.3 Å². The number of halogens is 1. The van der Waals surface area contributed by atoms with Crippen LogP contribution in [-0.4, -0.2) is 35.8 Å². The van der Waals surface area contributed by atoms with Gasteiger partial charge in [0.1, 0.15) is 11.3 Å². The van der Waals surface area contributed by atoms with Crippen molar-refractivity contribution in [2.24, 2.45) is 4.99 Å². The number of fused-ring (bicyclic) bond motifs is 1. The van der Waals surface area contributed by atoms with Crippen molar-refractivity contribution in [1.82, 2.24) is 19.5 Å². The molecule has 2 aromatic heterocycles. The highest BCUT2D eigenvalue weighted by Crippen LogP contribution is 2.31. The molecule has 156 valence electrons. The van der Waals surface area contributed by atoms with Gasteiger partial charge in [-0.2, -0.15) is 0 Å². The highest BCUT2D eigenvalue weighted by molar-refractivity contribution is 6.32. The van der Waals surface area contributed by atoms with Gasteiger partial charge in [0.05, 0.1) is 26.7 Å². The highest BCUT2D eigenvalue weighted by Gasteiger charge is 2.19. The van der Waals surface area contributed by atoms with Crippen molar-refractivity contribution >= 4 is 40.2 Å². The molecule has 0 atom stereocenters. The van der Waals surface area contributed by atoms with E-state index in [-0.39, 0.29) is 27.4 Å². The van der Waals surface area contributed by atoms with Gasteiger partial charge in [0.25, 0.3) is 11.2 Å². The quantitative estimate of drug-likeness (QED) is 0.212. The summed E-state index contributed by atoms with van der Waals surface area (Å²) in [4.78, 5) is 57.4. The van der Waals surface area contributed by atoms with Gasteiger partial charge in [-0.15, -0.1) is 0 Å². The SMILES string of the molecule is O=c1[nH]c2cc(N=Cc3c(O)n(-c4ccccc4Cl)c(=O)[nH]c3=O)c([N+](=O)[O-])cc2[nH]1. The number of aromatic hydroxyl groups is 1. The van der Waals surface area contributed by atoms with E-state index in [9.17, 15) is 29.6 Å². The van der Waals surface area contributed by atoms with Crippen LogP contribution >= 0.6 is 11.6 Å². The van der Waals surface area contributed by atoms with Gasteiger partial charge >= 0.3 is 11.4 Å². The third kappa shape index (κ3) is 3.51. The monoisotopic (exact) mass is 442 g/mol. The summed E-state index contributed by atoms with van der Waals surface area (Å²) >= 11 is 6.08. The third-order valence-corrected chi connectivity index (χ3v) is 4.67. The van der Waals surface area contributed by atoms with Crippen LogP contribution in [0.25, 0.3) is 16.7 Å². The van der Waals surface area contributed by atoms with Crippen LogP contribution < -0.4 is 16.9 Å². The van der Waals surface area contributed by atoms with Gasteiger partial charge in [-0.25, -0.2) is 19.1 Å². The van der Waals surface area contributed by atoms with Crippen molar-refractivity contribution in [3.05, 3.63) is 88.4 Å². The maximum Gasteiger partial charge on any atom is 0.335 e. The van der Waals surface area contributed by atoms with Gasteiger partial charge in [0.15, 0.2) is 0 Å². The first-order valence-electron chi connectivity index (χ1n) is 8.54. The number of para-hydroxylation sites is 1. The van der Waals surface area contributed by atoms with E-state index in [1.54, 1.807) is 12.1 Å². The number of rotatable bonds is 4. The van der Waals surface area contributed by atoms with E-state index in [2.05, 4.69) is 15.0 Å². The lowest BCUT2D eigenvalue weighted by Gasteiger charge is -2.10. The van der Waals surface area contributed by atoms with Crippen LogP contribution in [0.4, 0.5) is 11.4 Å². The molecular weight excluding hydrogens is 432 g/mol. The molecule has 0 fully saturated rings. The van der Waals surface area contributed by atoms with Gasteiger partial charge < -0.3 is 15.1 Å². The van der Waals surface area contributed by atoms with Crippen LogP contribution in [-0.2, 0) is 0 Å². The molecule has 4 N–H and O–H groups in total. The van der Waals surface area contributed by atoms with Gasteiger partial charge in [-0.1, -0.05) is 23.7 Å². The van der Waals surface area contributed by atoms with E-state index in [0.717, 1.165) is 16.8 Å². The van der Waals surface area contributed by atoms with E-state index in [0.29, 0.717) is 0 Å². The molecule has 0 unspecified atom stereocenters. The van der Waals surface area contributed by atoms with Gasteiger partial charge in [-0.3, -0.25) is 19.9 Å². The number of H-pyrrole nitrogens is 3. The molecule has 2 aromatic carbocycles. The zero-order valence-corrected chi connectivity index (χ0v) is 16.0. The number of nitro benzene ring substituents is 1. The number of aliphatic imine (C=N–C) groups is 1. The molecule has 2 heterocycles. The smallest absolute Gasteiger partial charge is 0.335 e. The molecule has 0 aliphatic rings. The number of hydrogen-bond donors (Lipinski definition) is 4. The van der Waals surface area contributed by atoms with Crippen molar-refractivity contribution in [2.75, 3.05) is 0 Å². The summed E-state index contributed by atoms with van der Waals surface area (Å²) in [6.07, 6.45) is 0.875. The zero-order valence-electron chi connectivity index (χ0n) is 15.2. The fraction of sp³-hybridized carbons (Fsp3) is 0. The van der Waals surface area contributed by atoms with Crippen LogP contribution in [0.1, 0.15) is 5.56 Å². The second kappa shape index (κ2) is 7.42. The Morgan fingerprint density at radius 1 is 1.10 bits per heavy atom. The topological polar surface area (TPSA) is 179 Å². The van der Waals surface area contributed by atoms with Crippen molar-refractivity contribution in [1.29, 1.82) is 0 Å². The Bertz CT molecular complexity index is 1560. The first kappa shape index (κ1) is 19.8. The Labute approximate surface area is 175 Å². The molecule has 0 spiro atoms. The van der Waals surface area contributed by atoms with E-state index >= 15 is 0 Å². The second-order valence-electron chi connectivity index (χ2n) is 6.26. The molecule has 4 aromatic rings. The Morgan fingerprint density at radius 2 is 1.77 bits per heavy atom. The van der Waals surface area contributed by atoms with E-state index < -0.39 is 39.0 Å². The Kier molecular flexibility index (Phi) is 4.75. The van der Waals surface area contributed by atoms with Crippen LogP contribution in [0.3, 0.4) is 0 Å². The van der Waals surface area contributed by atoms with Crippen LogP contribution in [0.15, 0.2) is 55.8 Å². The summed E-state index contributed by atoms with van der Waals surface area (Å²) < 4.78 is 0.770. The fourth-order valence-electron chi connectivity index (χ4n) is 2.95. The van der Waals surface area contributed by atoms with Crippen LogP contribution in [0, 0.1) is 10.1 Å². The van der Waals surface area contributed by atoms with Gasteiger partial charge in [-0.05, 0) is 18.2 Å². The first-order chi connectivity index (χ1) is 14.8. The van der Waals surface area contributed by atoms with Crippen molar-refractivity contribution < 1.29 is 10.0 Å². The molecule has 0 amide bonds. The van der Waals surface area contributed by atoms with Crippen LogP contribution in [0.5, 0.6) is 5.88 Å². The summed E-state index contributed by atoms with van der Waals surface area (Å²) in [6, 6.07) is 8.46. The molecule has 0 saturated carbocycles. The Hall–Kier alpha value is -4.45. The zero-order chi connectivity index (χ0) is 22.3. The van der Waals surface area contributed by atoms with Crippen molar-refractivity contribution in [3.63, 3.8) is 0 Å². The minimum atomic E-state index is -0.965. The third-order valence-electron chi connectivity index (χ3n) is 4.35. The fourth-order valence-corrected chi connectivity index (χ4v) is 3.17. The number of nitrogens with zero attached hydrogens (tertiary/aromatic N) is 3. The number of hydrogen-bond acceptors (Lipinski definition) is 7. The number of aromatic nitrogens is 4. The standard InChI is InChI=1S/C18H11ClN6O6/c19-9-3-1-2-4-13(9)24-16(27)8(15(26)23-18(24)29)7-20-12-5-10-11(22-17(28)21-10)6-14(12)25(30)31/h1-7,27H,(H2,21,22,28)(H,23,26,29). The van der Waals surface area contributed by atoms with E-state index in [4.69, 9.17) is 11.6 Å². The predicted octanol–water partition coefficient (Wildman–Crippen LogP) is 1.71. The molecule has 31 heavy (non-hydrogen) atoms. The molecule has 0 aliphatic carbocycles. The number of aromatic amines is 3. The van der Waals surface area contributed by atoms with Gasteiger partial charge in [0.2, 0.25) is 5.88 Å². The molecule has 13 heteroatoms. The van der Waals surface area contributed by atoms with E-state index in [1.165, 1.54) is 18.2 Å². The number of imidazole rings is 1. The largest absolute Gasteiger partial charge is 0.493 e. The van der Waals surface area contributed by atoms with Crippen molar-refractivity contribution in [3.8, 4) is 11.6 Å². The lowest BCUT2D eigenvalue weighted by Crippen LogP contribution is -2.31. The molecule has 0 aliphatic heterocycles.